The lowest BCUT2D eigenvalue weighted by molar-refractivity contribution is 0.100. The van der Waals surface area contributed by atoms with Crippen LogP contribution in [0.25, 0.3) is 33.8 Å². The van der Waals surface area contributed by atoms with Crippen molar-refractivity contribution in [1.82, 2.24) is 14.5 Å². The minimum atomic E-state index is -0.461. The number of aromatic nitrogens is 3. The minimum Gasteiger partial charge on any atom is -0.368 e. The van der Waals surface area contributed by atoms with E-state index in [9.17, 15) is 4.79 Å². The summed E-state index contributed by atoms with van der Waals surface area (Å²) < 4.78 is 2.17. The Labute approximate surface area is 168 Å². The monoisotopic (exact) mass is 383 g/mol. The third-order valence-corrected chi connectivity index (χ3v) is 4.88. The molecule has 0 unspecified atom stereocenters. The van der Waals surface area contributed by atoms with E-state index in [2.05, 4.69) is 33.6 Å². The Morgan fingerprint density at radius 3 is 2.41 bits per heavy atom. The van der Waals surface area contributed by atoms with E-state index in [-0.39, 0.29) is 5.95 Å². The number of rotatable bonds is 5. The molecule has 0 atom stereocenters. The van der Waals surface area contributed by atoms with E-state index in [1.165, 1.54) is 0 Å². The summed E-state index contributed by atoms with van der Waals surface area (Å²) in [7, 11) is 0. The zero-order valence-electron chi connectivity index (χ0n) is 16.0. The van der Waals surface area contributed by atoms with Gasteiger partial charge in [-0.25, -0.2) is 9.97 Å². The molecule has 0 fully saturated rings. The van der Waals surface area contributed by atoms with Gasteiger partial charge in [-0.15, -0.1) is 0 Å². The van der Waals surface area contributed by atoms with Crippen LogP contribution in [0.15, 0.2) is 72.9 Å². The first kappa shape index (κ1) is 18.4. The first-order valence-electron chi connectivity index (χ1n) is 9.37. The van der Waals surface area contributed by atoms with Gasteiger partial charge < -0.3 is 16.0 Å². The Hall–Kier alpha value is -3.93. The number of benzene rings is 2. The topological polar surface area (TPSA) is 99.8 Å². The lowest BCUT2D eigenvalue weighted by atomic mass is 9.96. The molecule has 0 spiro atoms. The summed E-state index contributed by atoms with van der Waals surface area (Å²) in [5, 5.41) is 0. The molecular formula is C23H21N5O. The number of amides is 1. The average molecular weight is 383 g/mol. The van der Waals surface area contributed by atoms with E-state index in [1.807, 2.05) is 48.5 Å². The molecule has 2 aromatic carbocycles. The van der Waals surface area contributed by atoms with E-state index in [4.69, 9.17) is 11.5 Å². The standard InChI is InChI=1S/C23H21N5O/c1-2-28-20(19-12-13-26-23(25)27-19)14-18(21(28)15-8-4-3-5-9-15)16-10-6-7-11-17(16)22(24)29/h3-14H,2H2,1H3,(H2,24,29)(H2,25,26,27). The molecule has 0 bridgehead atoms. The Kier molecular flexibility index (Phi) is 4.83. The van der Waals surface area contributed by atoms with E-state index in [0.717, 1.165) is 33.8 Å². The normalized spacial score (nSPS) is 10.8. The molecule has 2 heterocycles. The van der Waals surface area contributed by atoms with Crippen LogP contribution in [0.1, 0.15) is 17.3 Å². The summed E-state index contributed by atoms with van der Waals surface area (Å²) in [5.74, 6) is -0.247. The van der Waals surface area contributed by atoms with Crippen LogP contribution >= 0.6 is 0 Å². The summed E-state index contributed by atoms with van der Waals surface area (Å²) in [6.07, 6.45) is 1.64. The van der Waals surface area contributed by atoms with Crippen molar-refractivity contribution in [2.45, 2.75) is 13.5 Å². The second kappa shape index (κ2) is 7.59. The molecule has 4 aromatic rings. The van der Waals surface area contributed by atoms with Gasteiger partial charge in [0, 0.05) is 23.9 Å². The van der Waals surface area contributed by atoms with E-state index in [0.29, 0.717) is 12.1 Å². The van der Waals surface area contributed by atoms with Crippen molar-refractivity contribution in [3.8, 4) is 33.8 Å². The van der Waals surface area contributed by atoms with Crippen molar-refractivity contribution in [3.63, 3.8) is 0 Å². The highest BCUT2D eigenvalue weighted by Gasteiger charge is 2.21. The number of carbonyl (C=O) groups excluding carboxylic acids is 1. The first-order chi connectivity index (χ1) is 14.1. The molecule has 0 aliphatic heterocycles. The molecule has 0 saturated carbocycles. The van der Waals surface area contributed by atoms with Gasteiger partial charge in [-0.3, -0.25) is 4.79 Å². The highest BCUT2D eigenvalue weighted by atomic mass is 16.1. The summed E-state index contributed by atoms with van der Waals surface area (Å²) >= 11 is 0. The lowest BCUT2D eigenvalue weighted by Crippen LogP contribution is -2.12. The van der Waals surface area contributed by atoms with Gasteiger partial charge in [-0.2, -0.15) is 0 Å². The second-order valence-electron chi connectivity index (χ2n) is 6.61. The number of hydrogen-bond donors (Lipinski definition) is 2. The van der Waals surface area contributed by atoms with Crippen molar-refractivity contribution in [2.75, 3.05) is 5.73 Å². The SMILES string of the molecule is CCn1c(-c2ccnc(N)n2)cc(-c2ccccc2C(N)=O)c1-c1ccccc1. The highest BCUT2D eigenvalue weighted by Crippen LogP contribution is 2.39. The number of hydrogen-bond acceptors (Lipinski definition) is 4. The van der Waals surface area contributed by atoms with Gasteiger partial charge in [0.05, 0.1) is 17.1 Å². The van der Waals surface area contributed by atoms with Crippen LogP contribution < -0.4 is 11.5 Å². The Bertz CT molecular complexity index is 1180. The summed E-state index contributed by atoms with van der Waals surface area (Å²) in [5.41, 5.74) is 17.3. The van der Waals surface area contributed by atoms with Crippen LogP contribution in [0.3, 0.4) is 0 Å². The fourth-order valence-corrected chi connectivity index (χ4v) is 3.65. The van der Waals surface area contributed by atoms with Crippen LogP contribution in [-0.2, 0) is 6.54 Å². The van der Waals surface area contributed by atoms with Gasteiger partial charge in [0.1, 0.15) is 0 Å². The second-order valence-corrected chi connectivity index (χ2v) is 6.61. The number of anilines is 1. The van der Waals surface area contributed by atoms with Crippen molar-refractivity contribution in [1.29, 1.82) is 0 Å². The summed E-state index contributed by atoms with van der Waals surface area (Å²) in [6.45, 7) is 2.78. The van der Waals surface area contributed by atoms with Gasteiger partial charge in [-0.05, 0) is 36.2 Å². The van der Waals surface area contributed by atoms with Crippen LogP contribution in [0.5, 0.6) is 0 Å². The maximum Gasteiger partial charge on any atom is 0.249 e. The molecule has 4 N–H and O–H groups in total. The third kappa shape index (κ3) is 3.36. The molecule has 6 nitrogen and oxygen atoms in total. The van der Waals surface area contributed by atoms with Gasteiger partial charge in [0.2, 0.25) is 11.9 Å². The van der Waals surface area contributed by atoms with Crippen LogP contribution in [0, 0.1) is 0 Å². The van der Waals surface area contributed by atoms with Gasteiger partial charge in [-0.1, -0.05) is 48.5 Å². The molecule has 0 radical (unpaired) electrons. The fraction of sp³-hybridized carbons (Fsp3) is 0.0870. The largest absolute Gasteiger partial charge is 0.368 e. The van der Waals surface area contributed by atoms with E-state index < -0.39 is 5.91 Å². The zero-order chi connectivity index (χ0) is 20.4. The predicted octanol–water partition coefficient (Wildman–Crippen LogP) is 3.98. The van der Waals surface area contributed by atoms with Crippen LogP contribution in [0.2, 0.25) is 0 Å². The summed E-state index contributed by atoms with van der Waals surface area (Å²) in [4.78, 5) is 20.5. The van der Waals surface area contributed by atoms with Crippen molar-refractivity contribution in [2.24, 2.45) is 5.73 Å². The number of primary amides is 1. The van der Waals surface area contributed by atoms with E-state index >= 15 is 0 Å². The molecule has 29 heavy (non-hydrogen) atoms. The maximum atomic E-state index is 12.1. The minimum absolute atomic E-state index is 0.215. The molecule has 144 valence electrons. The van der Waals surface area contributed by atoms with Crippen molar-refractivity contribution >= 4 is 11.9 Å². The number of carbonyl (C=O) groups is 1. The predicted molar refractivity (Wildman–Crippen MR) is 115 cm³/mol. The molecule has 2 aromatic heterocycles. The average Bonchev–Trinajstić information content (AvgIpc) is 3.14. The third-order valence-electron chi connectivity index (χ3n) is 4.88. The van der Waals surface area contributed by atoms with Gasteiger partial charge in [0.15, 0.2) is 0 Å². The Morgan fingerprint density at radius 1 is 1.00 bits per heavy atom. The summed E-state index contributed by atoms with van der Waals surface area (Å²) in [6, 6.07) is 21.3. The van der Waals surface area contributed by atoms with Crippen molar-refractivity contribution in [3.05, 3.63) is 78.5 Å². The maximum absolute atomic E-state index is 12.1. The van der Waals surface area contributed by atoms with Crippen molar-refractivity contribution < 1.29 is 4.79 Å². The molecule has 0 aliphatic carbocycles. The molecule has 0 saturated heterocycles. The first-order valence-corrected chi connectivity index (χ1v) is 9.37. The smallest absolute Gasteiger partial charge is 0.249 e. The Balaban J connectivity index is 2.07. The van der Waals surface area contributed by atoms with Gasteiger partial charge >= 0.3 is 0 Å². The van der Waals surface area contributed by atoms with E-state index in [1.54, 1.807) is 12.3 Å². The molecule has 6 heteroatoms. The molecule has 0 aliphatic rings. The molecule has 1 amide bonds. The highest BCUT2D eigenvalue weighted by molar-refractivity contribution is 6.02. The van der Waals surface area contributed by atoms with Crippen LogP contribution in [-0.4, -0.2) is 20.4 Å². The van der Waals surface area contributed by atoms with Crippen LogP contribution in [0.4, 0.5) is 5.95 Å². The number of nitrogens with two attached hydrogens (primary N) is 2. The Morgan fingerprint density at radius 2 is 1.72 bits per heavy atom. The number of nitrogen functional groups attached to an aromatic ring is 1. The van der Waals surface area contributed by atoms with Gasteiger partial charge in [0.25, 0.3) is 0 Å². The molecule has 4 rings (SSSR count). The number of nitrogens with zero attached hydrogens (tertiary/aromatic N) is 3. The lowest BCUT2D eigenvalue weighted by Gasteiger charge is -2.14. The molecular weight excluding hydrogens is 362 g/mol. The fourth-order valence-electron chi connectivity index (χ4n) is 3.65. The quantitative estimate of drug-likeness (QED) is 0.544. The zero-order valence-corrected chi connectivity index (χ0v) is 16.0.